The van der Waals surface area contributed by atoms with Gasteiger partial charge in [0, 0.05) is 0 Å². The third-order valence-electron chi connectivity index (χ3n) is 1.89. The van der Waals surface area contributed by atoms with Gasteiger partial charge in [-0.3, -0.25) is 4.79 Å². The highest BCUT2D eigenvalue weighted by Gasteiger charge is 2.22. The predicted octanol–water partition coefficient (Wildman–Crippen LogP) is 1.06. The number of ether oxygens (including phenoxy) is 1. The second-order valence-corrected chi connectivity index (χ2v) is 4.00. The van der Waals surface area contributed by atoms with Gasteiger partial charge in [0.15, 0.2) is 5.79 Å². The molecule has 1 rings (SSSR count). The molecular weight excluding hydrogens is 184 g/mol. The van der Waals surface area contributed by atoms with E-state index in [1.165, 1.54) is 33.8 Å². The molecule has 4 heteroatoms. The summed E-state index contributed by atoms with van der Waals surface area (Å²) in [5, 5.41) is 16.2. The molecule has 1 aliphatic rings. The topological polar surface area (TPSA) is 66.8 Å². The van der Waals surface area contributed by atoms with E-state index in [2.05, 4.69) is 4.74 Å². The van der Waals surface area contributed by atoms with Crippen LogP contribution in [-0.2, 0) is 9.53 Å². The van der Waals surface area contributed by atoms with Crippen LogP contribution in [0.2, 0.25) is 0 Å². The first-order valence-corrected chi connectivity index (χ1v) is 4.87. The lowest BCUT2D eigenvalue weighted by Gasteiger charge is -2.03. The fourth-order valence-corrected chi connectivity index (χ4v) is 1.33. The van der Waals surface area contributed by atoms with Crippen molar-refractivity contribution in [2.75, 3.05) is 7.11 Å². The van der Waals surface area contributed by atoms with Gasteiger partial charge in [-0.1, -0.05) is 12.8 Å². The van der Waals surface area contributed by atoms with Crippen LogP contribution in [0.3, 0.4) is 0 Å². The lowest BCUT2D eigenvalue weighted by atomic mass is 10.1. The van der Waals surface area contributed by atoms with E-state index in [9.17, 15) is 4.79 Å². The zero-order chi connectivity index (χ0) is 11.2. The lowest BCUT2D eigenvalue weighted by Crippen LogP contribution is -2.15. The predicted molar refractivity (Wildman–Crippen MR) is 52.5 cm³/mol. The Balaban J connectivity index is 0.000000292. The molecule has 0 heterocycles. The largest absolute Gasteiger partial charge is 0.469 e. The van der Waals surface area contributed by atoms with Crippen LogP contribution in [0.5, 0.6) is 0 Å². The molecule has 0 spiro atoms. The summed E-state index contributed by atoms with van der Waals surface area (Å²) < 4.78 is 4.60. The van der Waals surface area contributed by atoms with Crippen molar-refractivity contribution in [3.8, 4) is 0 Å². The Labute approximate surface area is 84.9 Å². The van der Waals surface area contributed by atoms with E-state index in [0.29, 0.717) is 0 Å². The maximum Gasteiger partial charge on any atom is 0.308 e. The summed E-state index contributed by atoms with van der Waals surface area (Å²) in [6.45, 7) is 2.60. The van der Waals surface area contributed by atoms with Gasteiger partial charge in [0.05, 0.1) is 13.0 Å². The third-order valence-corrected chi connectivity index (χ3v) is 1.89. The van der Waals surface area contributed by atoms with Crippen molar-refractivity contribution in [2.45, 2.75) is 45.3 Å². The monoisotopic (exact) mass is 204 g/mol. The minimum atomic E-state index is -1.50. The number of aliphatic hydroxyl groups is 2. The normalized spacial score (nSPS) is 17.2. The first-order valence-electron chi connectivity index (χ1n) is 4.87. The molecule has 2 N–H and O–H groups in total. The Morgan fingerprint density at radius 1 is 1.29 bits per heavy atom. The molecule has 0 aromatic heterocycles. The minimum Gasteiger partial charge on any atom is -0.469 e. The molecule has 1 saturated carbocycles. The number of hydrogen-bond donors (Lipinski definition) is 2. The van der Waals surface area contributed by atoms with Crippen LogP contribution < -0.4 is 0 Å². The van der Waals surface area contributed by atoms with E-state index in [1.54, 1.807) is 0 Å². The summed E-state index contributed by atoms with van der Waals surface area (Å²) >= 11 is 0. The first-order chi connectivity index (χ1) is 6.34. The van der Waals surface area contributed by atoms with Gasteiger partial charge >= 0.3 is 5.97 Å². The average molecular weight is 204 g/mol. The van der Waals surface area contributed by atoms with Gasteiger partial charge in [-0.2, -0.15) is 0 Å². The Morgan fingerprint density at radius 3 is 1.93 bits per heavy atom. The van der Waals surface area contributed by atoms with Crippen LogP contribution in [0.25, 0.3) is 0 Å². The highest BCUT2D eigenvalue weighted by atomic mass is 16.5. The molecular formula is C10H20O4. The highest BCUT2D eigenvalue weighted by Crippen LogP contribution is 2.25. The zero-order valence-electron chi connectivity index (χ0n) is 9.12. The van der Waals surface area contributed by atoms with Crippen LogP contribution in [0, 0.1) is 5.92 Å². The van der Waals surface area contributed by atoms with E-state index in [4.69, 9.17) is 10.2 Å². The standard InChI is InChI=1S/C7H12O2.C3H8O2/c1-9-7(8)6-4-2-3-5-6;1-3(2,4)5/h6H,2-5H2,1H3;4-5H,1-2H3. The Morgan fingerprint density at radius 2 is 1.64 bits per heavy atom. The van der Waals surface area contributed by atoms with Crippen molar-refractivity contribution in [3.63, 3.8) is 0 Å². The Kier molecular flexibility index (Phi) is 5.72. The molecule has 0 atom stereocenters. The van der Waals surface area contributed by atoms with Crippen LogP contribution in [0.1, 0.15) is 39.5 Å². The van der Waals surface area contributed by atoms with Gasteiger partial charge in [0.25, 0.3) is 0 Å². The van der Waals surface area contributed by atoms with Crippen molar-refractivity contribution < 1.29 is 19.7 Å². The quantitative estimate of drug-likeness (QED) is 0.495. The average Bonchev–Trinajstić information content (AvgIpc) is 2.51. The molecule has 0 aliphatic heterocycles. The van der Waals surface area contributed by atoms with Gasteiger partial charge in [0.1, 0.15) is 0 Å². The molecule has 0 bridgehead atoms. The SMILES string of the molecule is CC(C)(O)O.COC(=O)C1CCCC1. The summed E-state index contributed by atoms with van der Waals surface area (Å²) in [5.74, 6) is -1.30. The molecule has 0 radical (unpaired) electrons. The minimum absolute atomic E-state index is 0.0208. The van der Waals surface area contributed by atoms with E-state index < -0.39 is 5.79 Å². The number of carbonyl (C=O) groups is 1. The van der Waals surface area contributed by atoms with Crippen LogP contribution in [0.15, 0.2) is 0 Å². The maximum atomic E-state index is 10.8. The van der Waals surface area contributed by atoms with Gasteiger partial charge in [-0.15, -0.1) is 0 Å². The number of hydrogen-bond acceptors (Lipinski definition) is 4. The molecule has 1 fully saturated rings. The van der Waals surface area contributed by atoms with Crippen molar-refractivity contribution >= 4 is 5.97 Å². The van der Waals surface area contributed by atoms with E-state index in [1.807, 2.05) is 0 Å². The molecule has 0 saturated heterocycles. The van der Waals surface area contributed by atoms with Crippen LogP contribution >= 0.6 is 0 Å². The van der Waals surface area contributed by atoms with Gasteiger partial charge < -0.3 is 14.9 Å². The molecule has 84 valence electrons. The molecule has 0 aromatic carbocycles. The van der Waals surface area contributed by atoms with Crippen LogP contribution in [0.4, 0.5) is 0 Å². The van der Waals surface area contributed by atoms with E-state index >= 15 is 0 Å². The second-order valence-electron chi connectivity index (χ2n) is 4.00. The van der Waals surface area contributed by atoms with Gasteiger partial charge in [-0.25, -0.2) is 0 Å². The number of carbonyl (C=O) groups excluding carboxylic acids is 1. The fourth-order valence-electron chi connectivity index (χ4n) is 1.33. The summed E-state index contributed by atoms with van der Waals surface area (Å²) in [7, 11) is 1.46. The molecule has 1 aliphatic carbocycles. The van der Waals surface area contributed by atoms with Crippen molar-refractivity contribution in [3.05, 3.63) is 0 Å². The van der Waals surface area contributed by atoms with Crippen molar-refractivity contribution in [1.82, 2.24) is 0 Å². The lowest BCUT2D eigenvalue weighted by molar-refractivity contribution is -0.145. The molecule has 4 nitrogen and oxygen atoms in total. The highest BCUT2D eigenvalue weighted by molar-refractivity contribution is 5.72. The fraction of sp³-hybridized carbons (Fsp3) is 0.900. The maximum absolute atomic E-state index is 10.8. The third kappa shape index (κ3) is 8.01. The molecule has 0 unspecified atom stereocenters. The van der Waals surface area contributed by atoms with Gasteiger partial charge in [-0.05, 0) is 26.7 Å². The second kappa shape index (κ2) is 5.98. The molecule has 14 heavy (non-hydrogen) atoms. The summed E-state index contributed by atoms with van der Waals surface area (Å²) in [5.41, 5.74) is 0. The number of esters is 1. The van der Waals surface area contributed by atoms with Crippen LogP contribution in [-0.4, -0.2) is 29.1 Å². The Hall–Kier alpha value is -0.610. The van der Waals surface area contributed by atoms with Gasteiger partial charge in [0.2, 0.25) is 0 Å². The molecule has 0 aromatic rings. The summed E-state index contributed by atoms with van der Waals surface area (Å²) in [6, 6.07) is 0. The first kappa shape index (κ1) is 13.4. The molecule has 0 amide bonds. The van der Waals surface area contributed by atoms with E-state index in [0.717, 1.165) is 12.8 Å². The zero-order valence-corrected chi connectivity index (χ0v) is 9.12. The van der Waals surface area contributed by atoms with E-state index in [-0.39, 0.29) is 11.9 Å². The van der Waals surface area contributed by atoms with Crippen molar-refractivity contribution in [2.24, 2.45) is 5.92 Å². The Bertz CT molecular complexity index is 159. The number of rotatable bonds is 1. The summed E-state index contributed by atoms with van der Waals surface area (Å²) in [4.78, 5) is 10.8. The summed E-state index contributed by atoms with van der Waals surface area (Å²) in [6.07, 6.45) is 4.46. The number of methoxy groups -OCH3 is 1. The smallest absolute Gasteiger partial charge is 0.308 e. The van der Waals surface area contributed by atoms with Crippen molar-refractivity contribution in [1.29, 1.82) is 0 Å².